The Hall–Kier alpha value is -1.89. The van der Waals surface area contributed by atoms with Crippen LogP contribution in [0.2, 0.25) is 0 Å². The highest BCUT2D eigenvalue weighted by atomic mass is 32.2. The maximum absolute atomic E-state index is 12.9. The molecule has 3 rings (SSSR count). The molecule has 0 radical (unpaired) electrons. The number of nitrogens with one attached hydrogen (secondary N) is 1. The summed E-state index contributed by atoms with van der Waals surface area (Å²) in [6, 6.07) is 5.88. The quantitative estimate of drug-likeness (QED) is 0.872. The van der Waals surface area contributed by atoms with Crippen molar-refractivity contribution in [1.82, 2.24) is 4.90 Å². The van der Waals surface area contributed by atoms with Gasteiger partial charge in [-0.15, -0.1) is 0 Å². The molecule has 25 heavy (non-hydrogen) atoms. The molecule has 7 heteroatoms. The first-order chi connectivity index (χ1) is 12.1. The predicted molar refractivity (Wildman–Crippen MR) is 98.1 cm³/mol. The number of amidine groups is 1. The van der Waals surface area contributed by atoms with Gasteiger partial charge in [0.2, 0.25) is 11.8 Å². The number of halogens is 1. The summed E-state index contributed by atoms with van der Waals surface area (Å²) in [5.74, 6) is -0.667. The third-order valence-corrected chi connectivity index (χ3v) is 5.64. The van der Waals surface area contributed by atoms with Crippen LogP contribution in [0.5, 0.6) is 0 Å². The summed E-state index contributed by atoms with van der Waals surface area (Å²) in [5.41, 5.74) is 0.522. The van der Waals surface area contributed by atoms with Crippen LogP contribution in [0.3, 0.4) is 0 Å². The lowest BCUT2D eigenvalue weighted by Gasteiger charge is -2.14. The van der Waals surface area contributed by atoms with Gasteiger partial charge in [0.25, 0.3) is 0 Å². The van der Waals surface area contributed by atoms with Gasteiger partial charge in [-0.2, -0.15) is 0 Å². The average Bonchev–Trinajstić information content (AvgIpc) is 3.19. The highest BCUT2D eigenvalue weighted by Crippen LogP contribution is 2.32. The van der Waals surface area contributed by atoms with Crippen LogP contribution in [0.25, 0.3) is 0 Å². The highest BCUT2D eigenvalue weighted by molar-refractivity contribution is 8.15. The number of hydrogen-bond acceptors (Lipinski definition) is 4. The van der Waals surface area contributed by atoms with E-state index in [-0.39, 0.29) is 24.1 Å². The first kappa shape index (κ1) is 17.9. The minimum Gasteiger partial charge on any atom is -0.326 e. The Bertz CT molecular complexity index is 671. The Kier molecular flexibility index (Phi) is 5.73. The van der Waals surface area contributed by atoms with E-state index >= 15 is 0 Å². The lowest BCUT2D eigenvalue weighted by atomic mass is 10.2. The minimum absolute atomic E-state index is 0.0569. The van der Waals surface area contributed by atoms with E-state index in [2.05, 4.69) is 5.32 Å². The van der Waals surface area contributed by atoms with Crippen LogP contribution in [0.15, 0.2) is 29.3 Å². The molecule has 0 bridgehead atoms. The van der Waals surface area contributed by atoms with Crippen molar-refractivity contribution in [2.75, 3.05) is 11.9 Å². The SMILES string of the molecule is CCN1C(=O)[C@H](CC(=O)Nc2ccc(F)cc2)SC1=NC1CCCC1. The molecule has 5 nitrogen and oxygen atoms in total. The Balaban J connectivity index is 1.62. The van der Waals surface area contributed by atoms with E-state index in [4.69, 9.17) is 4.99 Å². The monoisotopic (exact) mass is 363 g/mol. The third kappa shape index (κ3) is 4.39. The molecular weight excluding hydrogens is 341 g/mol. The Morgan fingerprint density at radius 1 is 1.32 bits per heavy atom. The first-order valence-corrected chi connectivity index (χ1v) is 9.56. The number of benzene rings is 1. The van der Waals surface area contributed by atoms with E-state index in [1.807, 2.05) is 6.92 Å². The first-order valence-electron chi connectivity index (χ1n) is 8.68. The number of carbonyl (C=O) groups excluding carboxylic acids is 2. The summed E-state index contributed by atoms with van der Waals surface area (Å²) in [5, 5.41) is 3.01. The zero-order chi connectivity index (χ0) is 17.8. The van der Waals surface area contributed by atoms with Gasteiger partial charge in [0.15, 0.2) is 5.17 Å². The summed E-state index contributed by atoms with van der Waals surface area (Å²) in [6.45, 7) is 2.48. The van der Waals surface area contributed by atoms with Crippen LogP contribution in [-0.4, -0.2) is 39.7 Å². The molecular formula is C18H22FN3O2S. The maximum Gasteiger partial charge on any atom is 0.242 e. The molecule has 1 saturated heterocycles. The lowest BCUT2D eigenvalue weighted by Crippen LogP contribution is -2.33. The molecule has 1 aliphatic carbocycles. The number of aliphatic imine (C=N–C) groups is 1. The van der Waals surface area contributed by atoms with Crippen LogP contribution < -0.4 is 5.32 Å². The summed E-state index contributed by atoms with van der Waals surface area (Å²) < 4.78 is 12.9. The lowest BCUT2D eigenvalue weighted by molar-refractivity contribution is -0.128. The van der Waals surface area contributed by atoms with Gasteiger partial charge in [-0.05, 0) is 44.0 Å². The maximum atomic E-state index is 12.9. The fraction of sp³-hybridized carbons (Fsp3) is 0.500. The van der Waals surface area contributed by atoms with Crippen molar-refractivity contribution < 1.29 is 14.0 Å². The smallest absolute Gasteiger partial charge is 0.242 e. The molecule has 1 aromatic rings. The Morgan fingerprint density at radius 2 is 2.00 bits per heavy atom. The van der Waals surface area contributed by atoms with Crippen LogP contribution in [0.1, 0.15) is 39.0 Å². The number of rotatable bonds is 5. The zero-order valence-corrected chi connectivity index (χ0v) is 15.0. The largest absolute Gasteiger partial charge is 0.326 e. The van der Waals surface area contributed by atoms with Gasteiger partial charge >= 0.3 is 0 Å². The topological polar surface area (TPSA) is 61.8 Å². The standard InChI is InChI=1S/C18H22FN3O2S/c1-2-22-17(24)15(25-18(22)21-13-5-3-4-6-13)11-16(23)20-14-9-7-12(19)8-10-14/h7-10,13,15H,2-6,11H2,1H3,(H,20,23)/t15-/m0/s1. The van der Waals surface area contributed by atoms with Gasteiger partial charge in [-0.25, -0.2) is 4.39 Å². The predicted octanol–water partition coefficient (Wildman–Crippen LogP) is 3.42. The van der Waals surface area contributed by atoms with Crippen molar-refractivity contribution in [1.29, 1.82) is 0 Å². The Morgan fingerprint density at radius 3 is 2.64 bits per heavy atom. The molecule has 0 unspecified atom stereocenters. The summed E-state index contributed by atoms with van der Waals surface area (Å²) >= 11 is 1.39. The van der Waals surface area contributed by atoms with E-state index in [1.165, 1.54) is 48.9 Å². The molecule has 1 N–H and O–H groups in total. The second-order valence-corrected chi connectivity index (χ2v) is 7.47. The van der Waals surface area contributed by atoms with Crippen molar-refractivity contribution in [2.24, 2.45) is 4.99 Å². The van der Waals surface area contributed by atoms with Crippen molar-refractivity contribution in [2.45, 2.75) is 50.3 Å². The molecule has 1 heterocycles. The van der Waals surface area contributed by atoms with Crippen molar-refractivity contribution in [3.05, 3.63) is 30.1 Å². The van der Waals surface area contributed by atoms with E-state index in [0.29, 0.717) is 18.3 Å². The molecule has 2 fully saturated rings. The highest BCUT2D eigenvalue weighted by Gasteiger charge is 2.38. The molecule has 1 saturated carbocycles. The summed E-state index contributed by atoms with van der Waals surface area (Å²) in [6.07, 6.45) is 4.61. The zero-order valence-electron chi connectivity index (χ0n) is 14.2. The fourth-order valence-corrected chi connectivity index (χ4v) is 4.41. The van der Waals surface area contributed by atoms with Crippen LogP contribution in [0.4, 0.5) is 10.1 Å². The summed E-state index contributed by atoms with van der Waals surface area (Å²) in [4.78, 5) is 31.2. The van der Waals surface area contributed by atoms with Crippen molar-refractivity contribution >= 4 is 34.4 Å². The van der Waals surface area contributed by atoms with E-state index in [0.717, 1.165) is 18.0 Å². The number of amides is 2. The molecule has 0 aromatic heterocycles. The molecule has 2 aliphatic rings. The minimum atomic E-state index is -0.444. The van der Waals surface area contributed by atoms with E-state index in [1.54, 1.807) is 4.90 Å². The molecule has 1 atom stereocenters. The van der Waals surface area contributed by atoms with Gasteiger partial charge in [-0.1, -0.05) is 24.6 Å². The molecule has 1 aromatic carbocycles. The average molecular weight is 363 g/mol. The second-order valence-electron chi connectivity index (χ2n) is 6.30. The van der Waals surface area contributed by atoms with Gasteiger partial charge in [0, 0.05) is 18.7 Å². The van der Waals surface area contributed by atoms with Crippen molar-refractivity contribution in [3.8, 4) is 0 Å². The van der Waals surface area contributed by atoms with Crippen LogP contribution >= 0.6 is 11.8 Å². The molecule has 1 aliphatic heterocycles. The molecule has 0 spiro atoms. The molecule has 2 amide bonds. The number of nitrogens with zero attached hydrogens (tertiary/aromatic N) is 2. The van der Waals surface area contributed by atoms with Gasteiger partial charge in [-0.3, -0.25) is 19.5 Å². The third-order valence-electron chi connectivity index (χ3n) is 4.45. The normalized spacial score (nSPS) is 22.8. The van der Waals surface area contributed by atoms with Gasteiger partial charge < -0.3 is 5.32 Å². The number of anilines is 1. The second kappa shape index (κ2) is 7.99. The van der Waals surface area contributed by atoms with Crippen molar-refractivity contribution in [3.63, 3.8) is 0 Å². The van der Waals surface area contributed by atoms with Gasteiger partial charge in [0.1, 0.15) is 11.1 Å². The molecule has 134 valence electrons. The number of carbonyl (C=O) groups is 2. The fourth-order valence-electron chi connectivity index (χ4n) is 3.13. The Labute approximate surface area is 151 Å². The number of hydrogen-bond donors (Lipinski definition) is 1. The van der Waals surface area contributed by atoms with E-state index < -0.39 is 5.25 Å². The van der Waals surface area contributed by atoms with Gasteiger partial charge in [0.05, 0.1) is 6.04 Å². The van der Waals surface area contributed by atoms with Crippen LogP contribution in [0, 0.1) is 5.82 Å². The summed E-state index contributed by atoms with van der Waals surface area (Å²) in [7, 11) is 0. The van der Waals surface area contributed by atoms with Crippen LogP contribution in [-0.2, 0) is 9.59 Å². The van der Waals surface area contributed by atoms with E-state index in [9.17, 15) is 14.0 Å². The number of thioether (sulfide) groups is 1.